The van der Waals surface area contributed by atoms with Crippen LogP contribution in [0.4, 0.5) is 13.2 Å². The molecule has 4 aliphatic carbocycles. The van der Waals surface area contributed by atoms with Crippen molar-refractivity contribution in [1.29, 1.82) is 0 Å². The first-order chi connectivity index (χ1) is 13.5. The summed E-state index contributed by atoms with van der Waals surface area (Å²) in [6.45, 7) is 6.15. The van der Waals surface area contributed by atoms with Gasteiger partial charge in [0.05, 0.1) is 0 Å². The number of alkyl halides is 3. The second-order valence-corrected chi connectivity index (χ2v) is 9.96. The SMILES string of the molecule is CC(C)NC(=O)[C@H]1CC[C@H]2[C@@H]3CCC4=C(C(F)(F)F)C(=O)C=C[C@@H]4[C@H]3CC[C@]12C. The lowest BCUT2D eigenvalue weighted by molar-refractivity contribution is -0.132. The van der Waals surface area contributed by atoms with E-state index in [0.29, 0.717) is 30.3 Å². The van der Waals surface area contributed by atoms with Gasteiger partial charge in [-0.3, -0.25) is 9.59 Å². The number of ketones is 1. The molecule has 3 fully saturated rings. The Hall–Kier alpha value is -1.59. The summed E-state index contributed by atoms with van der Waals surface area (Å²) in [6, 6.07) is 0.106. The summed E-state index contributed by atoms with van der Waals surface area (Å²) >= 11 is 0. The first-order valence-electron chi connectivity index (χ1n) is 10.9. The Kier molecular flexibility index (Phi) is 4.98. The van der Waals surface area contributed by atoms with Crippen molar-refractivity contribution in [2.75, 3.05) is 0 Å². The van der Waals surface area contributed by atoms with E-state index in [4.69, 9.17) is 0 Å². The van der Waals surface area contributed by atoms with Crippen LogP contribution in [-0.2, 0) is 9.59 Å². The zero-order valence-corrected chi connectivity index (χ0v) is 17.3. The number of amides is 1. The van der Waals surface area contributed by atoms with E-state index >= 15 is 0 Å². The second-order valence-electron chi connectivity index (χ2n) is 9.96. The third-order valence-corrected chi connectivity index (χ3v) is 8.16. The first-order valence-corrected chi connectivity index (χ1v) is 10.9. The highest BCUT2D eigenvalue weighted by atomic mass is 19.4. The minimum absolute atomic E-state index is 0.0120. The standard InChI is InChI=1S/C23H30F3NO2/c1-12(2)27-21(29)18-8-7-17-15-4-5-16-13(14(15)10-11-22(17,18)3)6-9-19(28)20(16)23(24,25)26/h6,9,12-15,17-18H,4-5,7-8,10-11H2,1-3H3,(H,27,29)/t13-,14-,15-,17+,18-,22+/m1/s1. The number of hydrogen-bond donors (Lipinski definition) is 1. The van der Waals surface area contributed by atoms with Gasteiger partial charge < -0.3 is 5.32 Å². The van der Waals surface area contributed by atoms with E-state index in [-0.39, 0.29) is 35.1 Å². The molecule has 160 valence electrons. The molecule has 0 saturated heterocycles. The summed E-state index contributed by atoms with van der Waals surface area (Å²) in [7, 11) is 0. The highest BCUT2D eigenvalue weighted by molar-refractivity contribution is 6.06. The number of carbonyl (C=O) groups is 2. The zero-order chi connectivity index (χ0) is 21.1. The number of halogens is 3. The highest BCUT2D eigenvalue weighted by Gasteiger charge is 2.58. The van der Waals surface area contributed by atoms with E-state index in [2.05, 4.69) is 12.2 Å². The predicted octanol–water partition coefficient (Wildman–Crippen LogP) is 4.98. The number of carbonyl (C=O) groups excluding carboxylic acids is 2. The summed E-state index contributed by atoms with van der Waals surface area (Å²) < 4.78 is 40.6. The van der Waals surface area contributed by atoms with Crippen LogP contribution in [0, 0.1) is 35.0 Å². The smallest absolute Gasteiger partial charge is 0.354 e. The molecule has 1 N–H and O–H groups in total. The molecule has 6 heteroatoms. The second kappa shape index (κ2) is 6.98. The molecule has 0 bridgehead atoms. The van der Waals surface area contributed by atoms with Crippen LogP contribution in [-0.4, -0.2) is 23.9 Å². The molecule has 4 rings (SSSR count). The van der Waals surface area contributed by atoms with Gasteiger partial charge in [-0.15, -0.1) is 0 Å². The van der Waals surface area contributed by atoms with E-state index in [1.54, 1.807) is 6.08 Å². The van der Waals surface area contributed by atoms with Crippen molar-refractivity contribution in [2.24, 2.45) is 35.0 Å². The van der Waals surface area contributed by atoms with Gasteiger partial charge in [0, 0.05) is 17.9 Å². The minimum atomic E-state index is -4.58. The fraction of sp³-hybridized carbons (Fsp3) is 0.739. The largest absolute Gasteiger partial charge is 0.420 e. The van der Waals surface area contributed by atoms with Crippen molar-refractivity contribution in [2.45, 2.75) is 71.5 Å². The van der Waals surface area contributed by atoms with E-state index in [1.807, 2.05) is 13.8 Å². The number of hydrogen-bond acceptors (Lipinski definition) is 2. The molecule has 0 radical (unpaired) electrons. The lowest BCUT2D eigenvalue weighted by Gasteiger charge is -2.53. The molecule has 3 saturated carbocycles. The van der Waals surface area contributed by atoms with Gasteiger partial charge in [0.15, 0.2) is 5.78 Å². The molecule has 0 spiro atoms. The Labute approximate surface area is 170 Å². The topological polar surface area (TPSA) is 46.2 Å². The lowest BCUT2D eigenvalue weighted by atomic mass is 9.51. The van der Waals surface area contributed by atoms with Gasteiger partial charge >= 0.3 is 6.18 Å². The Morgan fingerprint density at radius 3 is 2.55 bits per heavy atom. The fourth-order valence-electron chi connectivity index (χ4n) is 7.05. The van der Waals surface area contributed by atoms with E-state index in [0.717, 1.165) is 31.8 Å². The molecular formula is C23H30F3NO2. The number of rotatable bonds is 2. The van der Waals surface area contributed by atoms with E-state index in [1.165, 1.54) is 0 Å². The van der Waals surface area contributed by atoms with Crippen LogP contribution < -0.4 is 5.32 Å². The Bertz CT molecular complexity index is 781. The molecular weight excluding hydrogens is 379 g/mol. The number of nitrogens with one attached hydrogen (secondary N) is 1. The van der Waals surface area contributed by atoms with Crippen LogP contribution in [0.3, 0.4) is 0 Å². The van der Waals surface area contributed by atoms with Crippen molar-refractivity contribution in [3.63, 3.8) is 0 Å². The summed E-state index contributed by atoms with van der Waals surface area (Å²) in [6.07, 6.45) is 2.82. The van der Waals surface area contributed by atoms with Crippen molar-refractivity contribution in [1.82, 2.24) is 5.32 Å². The van der Waals surface area contributed by atoms with Crippen LogP contribution in [0.15, 0.2) is 23.3 Å². The average molecular weight is 409 g/mol. The summed E-state index contributed by atoms with van der Waals surface area (Å²) in [4.78, 5) is 24.8. The van der Waals surface area contributed by atoms with Gasteiger partial charge in [-0.25, -0.2) is 0 Å². The quantitative estimate of drug-likeness (QED) is 0.699. The van der Waals surface area contributed by atoms with Crippen LogP contribution in [0.5, 0.6) is 0 Å². The molecule has 0 aromatic rings. The molecule has 0 aromatic heterocycles. The maximum Gasteiger partial charge on any atom is 0.420 e. The summed E-state index contributed by atoms with van der Waals surface area (Å²) in [5.74, 6) is -0.224. The third-order valence-electron chi connectivity index (χ3n) is 8.16. The summed E-state index contributed by atoms with van der Waals surface area (Å²) in [5.41, 5.74) is -0.693. The molecule has 0 aliphatic heterocycles. The molecule has 0 aromatic carbocycles. The van der Waals surface area contributed by atoms with Crippen molar-refractivity contribution < 1.29 is 22.8 Å². The highest BCUT2D eigenvalue weighted by Crippen LogP contribution is 2.63. The fourth-order valence-corrected chi connectivity index (χ4v) is 7.05. The molecule has 6 atom stereocenters. The van der Waals surface area contributed by atoms with Crippen molar-refractivity contribution in [3.05, 3.63) is 23.3 Å². The lowest BCUT2D eigenvalue weighted by Crippen LogP contribution is -2.49. The van der Waals surface area contributed by atoms with E-state index in [9.17, 15) is 22.8 Å². The number of allylic oxidation sites excluding steroid dienone is 4. The summed E-state index contributed by atoms with van der Waals surface area (Å²) in [5, 5.41) is 3.07. The van der Waals surface area contributed by atoms with Crippen molar-refractivity contribution in [3.8, 4) is 0 Å². The maximum atomic E-state index is 13.5. The van der Waals surface area contributed by atoms with Gasteiger partial charge in [-0.2, -0.15) is 13.2 Å². The Morgan fingerprint density at radius 1 is 1.17 bits per heavy atom. The van der Waals surface area contributed by atoms with Crippen LogP contribution in [0.2, 0.25) is 0 Å². The molecule has 4 aliphatic rings. The van der Waals surface area contributed by atoms with Gasteiger partial charge in [0.2, 0.25) is 5.91 Å². The Balaban J connectivity index is 1.61. The zero-order valence-electron chi connectivity index (χ0n) is 17.3. The molecule has 1 amide bonds. The van der Waals surface area contributed by atoms with Gasteiger partial charge in [0.25, 0.3) is 0 Å². The predicted molar refractivity (Wildman–Crippen MR) is 104 cm³/mol. The first kappa shape index (κ1) is 20.7. The van der Waals surface area contributed by atoms with Crippen LogP contribution in [0.25, 0.3) is 0 Å². The van der Waals surface area contributed by atoms with Crippen LogP contribution >= 0.6 is 0 Å². The maximum absolute atomic E-state index is 13.5. The normalized spacial score (nSPS) is 39.3. The van der Waals surface area contributed by atoms with Gasteiger partial charge in [-0.1, -0.05) is 13.0 Å². The minimum Gasteiger partial charge on any atom is -0.354 e. The van der Waals surface area contributed by atoms with Crippen LogP contribution in [0.1, 0.15) is 59.3 Å². The van der Waals surface area contributed by atoms with Gasteiger partial charge in [-0.05, 0) is 87.2 Å². The molecule has 0 unspecified atom stereocenters. The van der Waals surface area contributed by atoms with E-state index < -0.39 is 17.5 Å². The molecule has 0 heterocycles. The molecule has 3 nitrogen and oxygen atoms in total. The molecule has 29 heavy (non-hydrogen) atoms. The number of fused-ring (bicyclic) bond motifs is 5. The van der Waals surface area contributed by atoms with Gasteiger partial charge in [0.1, 0.15) is 5.57 Å². The monoisotopic (exact) mass is 409 g/mol. The Morgan fingerprint density at radius 2 is 1.90 bits per heavy atom. The average Bonchev–Trinajstić information content (AvgIpc) is 2.96. The third kappa shape index (κ3) is 3.27. The van der Waals surface area contributed by atoms with Crippen molar-refractivity contribution >= 4 is 11.7 Å².